The Morgan fingerprint density at radius 3 is 1.82 bits per heavy atom. The third kappa shape index (κ3) is 2.89. The highest BCUT2D eigenvalue weighted by molar-refractivity contribution is 5.80. The second kappa shape index (κ2) is 6.73. The van der Waals surface area contributed by atoms with Gasteiger partial charge in [-0.3, -0.25) is 0 Å². The summed E-state index contributed by atoms with van der Waals surface area (Å²) >= 11 is 0. The molecule has 0 amide bonds. The fourth-order valence-electron chi connectivity index (χ4n) is 2.11. The number of allylic oxidation sites excluding steroid dienone is 1. The number of hydrogen-bond acceptors (Lipinski definition) is 0. The molecule has 0 fully saturated rings. The summed E-state index contributed by atoms with van der Waals surface area (Å²) in [5.74, 6) is -9.66. The Hall–Kier alpha value is -2.17. The molecule has 0 aromatic heterocycles. The standard InChI is InChI=1S/C17H13F5/c1-2-3-9-11(10-7-5-4-6-8-10)12-13(18)15(20)17(22)16(21)14(12)19/h4-9H,2-3H2,1H3/b11-9-. The monoisotopic (exact) mass is 312 g/mol. The Labute approximate surface area is 124 Å². The SMILES string of the molecule is CCC/C=C(/c1ccccc1)c1c(F)c(F)c(F)c(F)c1F. The van der Waals surface area contributed by atoms with Crippen molar-refractivity contribution >= 4 is 5.57 Å². The molecule has 0 aliphatic carbocycles. The van der Waals surface area contributed by atoms with Crippen molar-refractivity contribution in [1.82, 2.24) is 0 Å². The molecule has 0 aliphatic heterocycles. The molecule has 2 aromatic carbocycles. The first kappa shape index (κ1) is 16.2. The van der Waals surface area contributed by atoms with Crippen molar-refractivity contribution in [1.29, 1.82) is 0 Å². The predicted molar refractivity (Wildman–Crippen MR) is 74.7 cm³/mol. The van der Waals surface area contributed by atoms with Crippen LogP contribution in [-0.2, 0) is 0 Å². The van der Waals surface area contributed by atoms with E-state index in [1.807, 2.05) is 6.92 Å². The predicted octanol–water partition coefficient (Wildman–Crippen LogP) is 5.61. The molecule has 2 rings (SSSR count). The second-order valence-electron chi connectivity index (χ2n) is 4.72. The zero-order valence-electron chi connectivity index (χ0n) is 11.8. The van der Waals surface area contributed by atoms with Crippen LogP contribution in [0.25, 0.3) is 5.57 Å². The summed E-state index contributed by atoms with van der Waals surface area (Å²) in [6, 6.07) is 8.06. The summed E-state index contributed by atoms with van der Waals surface area (Å²) in [5, 5.41) is 0. The molecule has 0 heterocycles. The van der Waals surface area contributed by atoms with Gasteiger partial charge in [-0.15, -0.1) is 0 Å². The minimum absolute atomic E-state index is 0.00440. The number of benzene rings is 2. The lowest BCUT2D eigenvalue weighted by atomic mass is 9.95. The lowest BCUT2D eigenvalue weighted by Crippen LogP contribution is -2.07. The molecule has 0 aliphatic rings. The van der Waals surface area contributed by atoms with Gasteiger partial charge in [0.25, 0.3) is 0 Å². The molecule has 0 N–H and O–H groups in total. The maximum atomic E-state index is 14.0. The molecule has 116 valence electrons. The Kier molecular flexibility index (Phi) is 4.96. The van der Waals surface area contributed by atoms with E-state index in [9.17, 15) is 22.0 Å². The maximum Gasteiger partial charge on any atom is 0.200 e. The third-order valence-electron chi connectivity index (χ3n) is 3.20. The van der Waals surface area contributed by atoms with Crippen molar-refractivity contribution < 1.29 is 22.0 Å². The van der Waals surface area contributed by atoms with Crippen LogP contribution in [0, 0.1) is 29.1 Å². The molecule has 5 heteroatoms. The normalized spacial score (nSPS) is 11.8. The van der Waals surface area contributed by atoms with Crippen LogP contribution in [0.15, 0.2) is 36.4 Å². The van der Waals surface area contributed by atoms with E-state index in [-0.39, 0.29) is 5.57 Å². The summed E-state index contributed by atoms with van der Waals surface area (Å²) in [6.45, 7) is 1.84. The quantitative estimate of drug-likeness (QED) is 0.391. The van der Waals surface area contributed by atoms with Crippen molar-refractivity contribution in [3.05, 3.63) is 76.6 Å². The van der Waals surface area contributed by atoms with Gasteiger partial charge >= 0.3 is 0 Å². The van der Waals surface area contributed by atoms with E-state index in [2.05, 4.69) is 0 Å². The topological polar surface area (TPSA) is 0 Å². The molecule has 0 saturated heterocycles. The third-order valence-corrected chi connectivity index (χ3v) is 3.20. The molecule has 0 nitrogen and oxygen atoms in total. The van der Waals surface area contributed by atoms with E-state index < -0.39 is 34.6 Å². The summed E-state index contributed by atoms with van der Waals surface area (Å²) < 4.78 is 68.0. The lowest BCUT2D eigenvalue weighted by molar-refractivity contribution is 0.376. The van der Waals surface area contributed by atoms with Gasteiger partial charge in [-0.1, -0.05) is 49.8 Å². The van der Waals surface area contributed by atoms with Crippen LogP contribution in [0.2, 0.25) is 0 Å². The molecule has 0 saturated carbocycles. The molecule has 0 radical (unpaired) electrons. The summed E-state index contributed by atoms with van der Waals surface area (Å²) in [7, 11) is 0. The molecule has 0 unspecified atom stereocenters. The largest absolute Gasteiger partial charge is 0.203 e. The van der Waals surface area contributed by atoms with Gasteiger partial charge in [0.05, 0.1) is 5.56 Å². The molecule has 22 heavy (non-hydrogen) atoms. The Morgan fingerprint density at radius 2 is 1.32 bits per heavy atom. The van der Waals surface area contributed by atoms with Crippen molar-refractivity contribution in [2.75, 3.05) is 0 Å². The number of rotatable bonds is 4. The lowest BCUT2D eigenvalue weighted by Gasteiger charge is -2.13. The highest BCUT2D eigenvalue weighted by atomic mass is 19.2. The van der Waals surface area contributed by atoms with Gasteiger partial charge < -0.3 is 0 Å². The number of halogens is 5. The number of hydrogen-bond donors (Lipinski definition) is 0. The first-order valence-corrected chi connectivity index (χ1v) is 6.76. The summed E-state index contributed by atoms with van der Waals surface area (Å²) in [6.07, 6.45) is 2.60. The van der Waals surface area contributed by atoms with E-state index >= 15 is 0 Å². The van der Waals surface area contributed by atoms with Crippen LogP contribution in [0.1, 0.15) is 30.9 Å². The minimum Gasteiger partial charge on any atom is -0.203 e. The summed E-state index contributed by atoms with van der Waals surface area (Å²) in [4.78, 5) is 0. The molecule has 0 atom stereocenters. The maximum absolute atomic E-state index is 14.0. The van der Waals surface area contributed by atoms with Crippen molar-refractivity contribution in [3.8, 4) is 0 Å². The van der Waals surface area contributed by atoms with Gasteiger partial charge in [0.1, 0.15) is 0 Å². The highest BCUT2D eigenvalue weighted by Crippen LogP contribution is 2.32. The Bertz CT molecular complexity index is 676. The van der Waals surface area contributed by atoms with Crippen LogP contribution in [0.4, 0.5) is 22.0 Å². The molecule has 0 bridgehead atoms. The summed E-state index contributed by atoms with van der Waals surface area (Å²) in [5.41, 5.74) is -0.509. The smallest absolute Gasteiger partial charge is 0.200 e. The van der Waals surface area contributed by atoms with Crippen molar-refractivity contribution in [2.45, 2.75) is 19.8 Å². The molecular weight excluding hydrogens is 299 g/mol. The van der Waals surface area contributed by atoms with Gasteiger partial charge in [0.15, 0.2) is 23.3 Å². The van der Waals surface area contributed by atoms with E-state index in [0.717, 1.165) is 0 Å². The van der Waals surface area contributed by atoms with E-state index in [0.29, 0.717) is 18.4 Å². The van der Waals surface area contributed by atoms with Gasteiger partial charge in [0, 0.05) is 0 Å². The van der Waals surface area contributed by atoms with Crippen molar-refractivity contribution in [2.24, 2.45) is 0 Å². The Morgan fingerprint density at radius 1 is 0.818 bits per heavy atom. The molecule has 2 aromatic rings. The zero-order chi connectivity index (χ0) is 16.3. The first-order chi connectivity index (χ1) is 10.5. The highest BCUT2D eigenvalue weighted by Gasteiger charge is 2.27. The number of unbranched alkanes of at least 4 members (excludes halogenated alkanes) is 1. The zero-order valence-corrected chi connectivity index (χ0v) is 11.8. The van der Waals surface area contributed by atoms with Gasteiger partial charge in [0.2, 0.25) is 5.82 Å². The minimum atomic E-state index is -2.15. The Balaban J connectivity index is 2.74. The average Bonchev–Trinajstić information content (AvgIpc) is 2.55. The molecule has 0 spiro atoms. The van der Waals surface area contributed by atoms with E-state index in [4.69, 9.17) is 0 Å². The van der Waals surface area contributed by atoms with Gasteiger partial charge in [-0.25, -0.2) is 22.0 Å². The van der Waals surface area contributed by atoms with Crippen LogP contribution >= 0.6 is 0 Å². The van der Waals surface area contributed by atoms with Gasteiger partial charge in [-0.05, 0) is 17.6 Å². The fraction of sp³-hybridized carbons (Fsp3) is 0.176. The fourth-order valence-corrected chi connectivity index (χ4v) is 2.11. The second-order valence-corrected chi connectivity index (χ2v) is 4.72. The van der Waals surface area contributed by atoms with Crippen molar-refractivity contribution in [3.63, 3.8) is 0 Å². The van der Waals surface area contributed by atoms with E-state index in [1.54, 1.807) is 30.3 Å². The first-order valence-electron chi connectivity index (χ1n) is 6.76. The van der Waals surface area contributed by atoms with Gasteiger partial charge in [-0.2, -0.15) is 0 Å². The van der Waals surface area contributed by atoms with Crippen LogP contribution in [0.5, 0.6) is 0 Å². The van der Waals surface area contributed by atoms with Crippen LogP contribution in [0.3, 0.4) is 0 Å². The average molecular weight is 312 g/mol. The van der Waals surface area contributed by atoms with E-state index in [1.165, 1.54) is 6.08 Å². The van der Waals surface area contributed by atoms with Crippen LogP contribution < -0.4 is 0 Å². The molecular formula is C17H13F5. The van der Waals surface area contributed by atoms with Crippen LogP contribution in [-0.4, -0.2) is 0 Å².